The maximum atomic E-state index is 13.3. The lowest BCUT2D eigenvalue weighted by molar-refractivity contribution is -0.274. The number of nitrogens with zero attached hydrogens (tertiary/aromatic N) is 2. The molecule has 1 saturated carbocycles. The highest BCUT2D eigenvalue weighted by molar-refractivity contribution is 5.97. The second-order valence-electron chi connectivity index (χ2n) is 10.7. The molecule has 0 aromatic heterocycles. The lowest BCUT2D eigenvalue weighted by atomic mass is 9.67. The van der Waals surface area contributed by atoms with Crippen LogP contribution >= 0.6 is 0 Å². The molecule has 1 spiro atoms. The number of hydrogen-bond acceptors (Lipinski definition) is 5. The molecule has 2 aliphatic heterocycles. The Morgan fingerprint density at radius 1 is 1.00 bits per heavy atom. The van der Waals surface area contributed by atoms with E-state index in [1.54, 1.807) is 0 Å². The average molecular weight is 532 g/mol. The summed E-state index contributed by atoms with van der Waals surface area (Å²) in [6, 6.07) is 14.5. The van der Waals surface area contributed by atoms with Gasteiger partial charge in [-0.05, 0) is 49.8 Å². The normalized spacial score (nSPS) is 23.7. The van der Waals surface area contributed by atoms with E-state index in [9.17, 15) is 27.9 Å². The number of aliphatic hydroxyl groups is 1. The molecule has 0 radical (unpaired) electrons. The summed E-state index contributed by atoms with van der Waals surface area (Å²) in [6.45, 7) is 2.53. The molecule has 0 unspecified atom stereocenters. The van der Waals surface area contributed by atoms with Crippen LogP contribution in [-0.2, 0) is 11.3 Å². The van der Waals surface area contributed by atoms with Gasteiger partial charge >= 0.3 is 6.36 Å². The van der Waals surface area contributed by atoms with Crippen molar-refractivity contribution in [1.82, 2.24) is 15.1 Å². The number of carbonyl (C=O) groups is 2. The van der Waals surface area contributed by atoms with E-state index in [0.29, 0.717) is 45.4 Å². The minimum absolute atomic E-state index is 0.0119. The lowest BCUT2D eigenvalue weighted by Gasteiger charge is -2.54. The van der Waals surface area contributed by atoms with Crippen LogP contribution in [0.15, 0.2) is 54.6 Å². The van der Waals surface area contributed by atoms with Gasteiger partial charge in [0.25, 0.3) is 5.91 Å². The maximum absolute atomic E-state index is 13.3. The molecule has 38 heavy (non-hydrogen) atoms. The van der Waals surface area contributed by atoms with Gasteiger partial charge in [-0.1, -0.05) is 42.5 Å². The molecule has 0 bridgehead atoms. The summed E-state index contributed by atoms with van der Waals surface area (Å²) in [7, 11) is 0. The zero-order valence-corrected chi connectivity index (χ0v) is 21.0. The number of amides is 2. The van der Waals surface area contributed by atoms with E-state index in [0.717, 1.165) is 24.5 Å². The monoisotopic (exact) mass is 531 g/mol. The third-order valence-corrected chi connectivity index (χ3v) is 8.05. The Morgan fingerprint density at radius 2 is 1.66 bits per heavy atom. The van der Waals surface area contributed by atoms with Crippen LogP contribution in [0, 0.1) is 5.41 Å². The zero-order valence-electron chi connectivity index (χ0n) is 21.0. The van der Waals surface area contributed by atoms with Crippen LogP contribution in [0.25, 0.3) is 0 Å². The summed E-state index contributed by atoms with van der Waals surface area (Å²) in [6.07, 6.45) is -2.01. The quantitative estimate of drug-likeness (QED) is 0.594. The third kappa shape index (κ3) is 5.81. The molecule has 2 aromatic carbocycles. The molecule has 2 N–H and O–H groups in total. The van der Waals surface area contributed by atoms with Gasteiger partial charge in [0.15, 0.2) is 0 Å². The summed E-state index contributed by atoms with van der Waals surface area (Å²) >= 11 is 0. The number of hydrogen-bond donors (Lipinski definition) is 2. The molecule has 2 aromatic rings. The second-order valence-corrected chi connectivity index (χ2v) is 10.7. The Kier molecular flexibility index (Phi) is 7.37. The molecule has 10 heteroatoms. The smallest absolute Gasteiger partial charge is 0.405 e. The first kappa shape index (κ1) is 26.5. The summed E-state index contributed by atoms with van der Waals surface area (Å²) in [4.78, 5) is 29.9. The van der Waals surface area contributed by atoms with Crippen LogP contribution in [-0.4, -0.2) is 70.9 Å². The number of aliphatic hydroxyl groups excluding tert-OH is 1. The van der Waals surface area contributed by atoms with Crippen molar-refractivity contribution >= 4 is 11.8 Å². The SMILES string of the molecule is O=C(NC1CCC2(CC1)CN(C(=O)[C@H]1[C@@H](O)CCN1Cc1ccccc1)C2)c1ccccc1OC(F)(F)F. The van der Waals surface area contributed by atoms with Crippen LogP contribution in [0.3, 0.4) is 0 Å². The van der Waals surface area contributed by atoms with Crippen molar-refractivity contribution in [1.29, 1.82) is 0 Å². The topological polar surface area (TPSA) is 82.1 Å². The summed E-state index contributed by atoms with van der Waals surface area (Å²) < 4.78 is 42.1. The Balaban J connectivity index is 1.13. The molecule has 5 rings (SSSR count). The number of rotatable bonds is 6. The van der Waals surface area contributed by atoms with Gasteiger partial charge in [0, 0.05) is 37.6 Å². The first-order chi connectivity index (χ1) is 18.1. The van der Waals surface area contributed by atoms with Gasteiger partial charge in [-0.3, -0.25) is 14.5 Å². The number of halogens is 3. The van der Waals surface area contributed by atoms with E-state index in [4.69, 9.17) is 0 Å². The minimum atomic E-state index is -4.88. The van der Waals surface area contributed by atoms with Crippen LogP contribution in [0.5, 0.6) is 5.75 Å². The fraction of sp³-hybridized carbons (Fsp3) is 0.500. The van der Waals surface area contributed by atoms with Crippen LogP contribution in [0.4, 0.5) is 13.2 Å². The third-order valence-electron chi connectivity index (χ3n) is 8.05. The van der Waals surface area contributed by atoms with Crippen molar-refractivity contribution in [2.45, 2.75) is 63.2 Å². The van der Waals surface area contributed by atoms with Gasteiger partial charge in [0.05, 0.1) is 11.7 Å². The Bertz CT molecular complexity index is 1140. The molecule has 2 heterocycles. The fourth-order valence-electron chi connectivity index (χ4n) is 6.08. The lowest BCUT2D eigenvalue weighted by Crippen LogP contribution is -2.64. The highest BCUT2D eigenvalue weighted by Gasteiger charge is 2.50. The van der Waals surface area contributed by atoms with Crippen LogP contribution in [0.1, 0.15) is 48.0 Å². The standard InChI is InChI=1S/C28H32F3N3O4/c29-28(30,31)38-23-9-5-4-8-21(23)25(36)32-20-10-13-27(14-11-20)17-34(18-27)26(37)24-22(35)12-15-33(24)16-19-6-2-1-3-7-19/h1-9,20,22,24,35H,10-18H2,(H,32,36)/t22-,24+/m0/s1. The van der Waals surface area contributed by atoms with Crippen molar-refractivity contribution in [3.05, 3.63) is 65.7 Å². The van der Waals surface area contributed by atoms with Crippen LogP contribution < -0.4 is 10.1 Å². The van der Waals surface area contributed by atoms with Crippen molar-refractivity contribution in [2.75, 3.05) is 19.6 Å². The minimum Gasteiger partial charge on any atom is -0.405 e. The van der Waals surface area contributed by atoms with E-state index in [1.165, 1.54) is 18.2 Å². The van der Waals surface area contributed by atoms with Crippen molar-refractivity contribution in [3.63, 3.8) is 0 Å². The Labute approximate surface area is 219 Å². The number of nitrogens with one attached hydrogen (secondary N) is 1. The van der Waals surface area contributed by atoms with Crippen molar-refractivity contribution in [3.8, 4) is 5.75 Å². The highest BCUT2D eigenvalue weighted by Crippen LogP contribution is 2.44. The summed E-state index contributed by atoms with van der Waals surface area (Å²) in [5, 5.41) is 13.4. The van der Waals surface area contributed by atoms with E-state index in [1.807, 2.05) is 35.2 Å². The maximum Gasteiger partial charge on any atom is 0.573 e. The first-order valence-electron chi connectivity index (χ1n) is 13.0. The van der Waals surface area contributed by atoms with Crippen LogP contribution in [0.2, 0.25) is 0 Å². The van der Waals surface area contributed by atoms with Gasteiger partial charge in [0.1, 0.15) is 11.8 Å². The zero-order chi connectivity index (χ0) is 26.9. The number of benzene rings is 2. The molecule has 2 amide bonds. The largest absolute Gasteiger partial charge is 0.573 e. The second kappa shape index (κ2) is 10.6. The van der Waals surface area contributed by atoms with Gasteiger partial charge in [-0.2, -0.15) is 0 Å². The fourth-order valence-corrected chi connectivity index (χ4v) is 6.08. The average Bonchev–Trinajstić information content (AvgIpc) is 3.22. The van der Waals surface area contributed by atoms with E-state index in [2.05, 4.69) is 15.0 Å². The number of para-hydroxylation sites is 1. The van der Waals surface area contributed by atoms with E-state index in [-0.39, 0.29) is 22.9 Å². The molecular formula is C28H32F3N3O4. The van der Waals surface area contributed by atoms with E-state index < -0.39 is 30.2 Å². The molecule has 2 saturated heterocycles. The van der Waals surface area contributed by atoms with Gasteiger partial charge in [-0.25, -0.2) is 0 Å². The molecule has 1 aliphatic carbocycles. The number of alkyl halides is 3. The summed E-state index contributed by atoms with van der Waals surface area (Å²) in [5.74, 6) is -1.15. The van der Waals surface area contributed by atoms with Crippen molar-refractivity contribution < 1.29 is 32.6 Å². The van der Waals surface area contributed by atoms with Gasteiger partial charge < -0.3 is 20.1 Å². The van der Waals surface area contributed by atoms with Gasteiger partial charge in [-0.15, -0.1) is 13.2 Å². The predicted octanol–water partition coefficient (Wildman–Crippen LogP) is 3.72. The first-order valence-corrected chi connectivity index (χ1v) is 13.0. The Morgan fingerprint density at radius 3 is 2.34 bits per heavy atom. The number of carbonyl (C=O) groups excluding carboxylic acids is 2. The number of ether oxygens (including phenoxy) is 1. The highest BCUT2D eigenvalue weighted by atomic mass is 19.4. The van der Waals surface area contributed by atoms with Gasteiger partial charge in [0.2, 0.25) is 5.91 Å². The molecule has 204 valence electrons. The molecule has 2 atom stereocenters. The van der Waals surface area contributed by atoms with Crippen molar-refractivity contribution in [2.24, 2.45) is 5.41 Å². The molecule has 7 nitrogen and oxygen atoms in total. The predicted molar refractivity (Wildman–Crippen MR) is 133 cm³/mol. The molecular weight excluding hydrogens is 499 g/mol. The molecule has 3 aliphatic rings. The summed E-state index contributed by atoms with van der Waals surface area (Å²) in [5.41, 5.74) is 0.940. The molecule has 3 fully saturated rings. The Hall–Kier alpha value is -3.11. The number of likely N-dealkylation sites (tertiary alicyclic amines) is 2. The van der Waals surface area contributed by atoms with E-state index >= 15 is 0 Å².